The normalized spacial score (nSPS) is 21.4. The molecule has 2 saturated heterocycles. The molecule has 0 aromatic carbocycles. The minimum absolute atomic E-state index is 0.00922. The zero-order valence-electron chi connectivity index (χ0n) is 18.8. The van der Waals surface area contributed by atoms with E-state index < -0.39 is 0 Å². The fourth-order valence-corrected chi connectivity index (χ4v) is 4.44. The van der Waals surface area contributed by atoms with Crippen LogP contribution in [-0.2, 0) is 19.1 Å². The van der Waals surface area contributed by atoms with Gasteiger partial charge in [0.2, 0.25) is 11.8 Å². The van der Waals surface area contributed by atoms with Gasteiger partial charge in [-0.25, -0.2) is 4.98 Å². The van der Waals surface area contributed by atoms with E-state index in [-0.39, 0.29) is 35.7 Å². The number of aromatic nitrogens is 1. The van der Waals surface area contributed by atoms with E-state index in [0.717, 1.165) is 18.5 Å². The highest BCUT2D eigenvalue weighted by atomic mass is 16.5. The van der Waals surface area contributed by atoms with Crippen molar-refractivity contribution in [2.75, 3.05) is 38.1 Å². The molecule has 1 aromatic rings. The smallest absolute Gasteiger partial charge is 0.310 e. The summed E-state index contributed by atoms with van der Waals surface area (Å²) in [6, 6.07) is 5.30. The van der Waals surface area contributed by atoms with Crippen molar-refractivity contribution in [2.45, 2.75) is 52.5 Å². The van der Waals surface area contributed by atoms with Crippen molar-refractivity contribution in [2.24, 2.45) is 11.8 Å². The fourth-order valence-electron chi connectivity index (χ4n) is 4.44. The molecule has 2 amide bonds. The lowest BCUT2D eigenvalue weighted by Crippen LogP contribution is -2.53. The van der Waals surface area contributed by atoms with Crippen LogP contribution >= 0.6 is 0 Å². The van der Waals surface area contributed by atoms with Crippen molar-refractivity contribution in [3.8, 4) is 0 Å². The maximum atomic E-state index is 13.1. The first-order valence-electron chi connectivity index (χ1n) is 11.3. The van der Waals surface area contributed by atoms with Gasteiger partial charge >= 0.3 is 5.97 Å². The summed E-state index contributed by atoms with van der Waals surface area (Å²) in [5.74, 6) is 0.115. The number of hydrogen-bond acceptors (Lipinski definition) is 6. The SMILES string of the molecule is CCOC(=O)[C@H]1CCCN(C(=O)[C@H](C)N2CCC(C(=O)Nc3cccc(C)n3)CC2)C1. The van der Waals surface area contributed by atoms with E-state index in [0.29, 0.717) is 51.4 Å². The maximum absolute atomic E-state index is 13.1. The number of hydrogen-bond donors (Lipinski definition) is 1. The average Bonchev–Trinajstić information content (AvgIpc) is 2.78. The van der Waals surface area contributed by atoms with Crippen LogP contribution in [0.2, 0.25) is 0 Å². The number of amides is 2. The monoisotopic (exact) mass is 430 g/mol. The Morgan fingerprint density at radius 3 is 2.58 bits per heavy atom. The molecule has 0 unspecified atom stereocenters. The molecule has 1 aromatic heterocycles. The van der Waals surface area contributed by atoms with Gasteiger partial charge in [-0.15, -0.1) is 0 Å². The molecule has 1 N–H and O–H groups in total. The zero-order valence-corrected chi connectivity index (χ0v) is 18.8. The number of piperidine rings is 2. The third-order valence-electron chi connectivity index (χ3n) is 6.30. The van der Waals surface area contributed by atoms with Crippen LogP contribution in [0.3, 0.4) is 0 Å². The number of pyridine rings is 1. The molecule has 0 aliphatic carbocycles. The summed E-state index contributed by atoms with van der Waals surface area (Å²) in [7, 11) is 0. The van der Waals surface area contributed by atoms with Gasteiger partial charge in [-0.2, -0.15) is 0 Å². The second kappa shape index (κ2) is 10.7. The molecule has 170 valence electrons. The van der Waals surface area contributed by atoms with Gasteiger partial charge in [-0.3, -0.25) is 19.3 Å². The summed E-state index contributed by atoms with van der Waals surface area (Å²) >= 11 is 0. The number of nitrogens with zero attached hydrogens (tertiary/aromatic N) is 3. The number of likely N-dealkylation sites (tertiary alicyclic amines) is 2. The van der Waals surface area contributed by atoms with Crippen LogP contribution in [-0.4, -0.2) is 71.4 Å². The highest BCUT2D eigenvalue weighted by Crippen LogP contribution is 2.23. The number of carbonyl (C=O) groups excluding carboxylic acids is 3. The Hall–Kier alpha value is -2.48. The highest BCUT2D eigenvalue weighted by Gasteiger charge is 2.35. The summed E-state index contributed by atoms with van der Waals surface area (Å²) in [5, 5.41) is 2.91. The summed E-state index contributed by atoms with van der Waals surface area (Å²) < 4.78 is 5.14. The van der Waals surface area contributed by atoms with Crippen molar-refractivity contribution in [1.82, 2.24) is 14.8 Å². The summed E-state index contributed by atoms with van der Waals surface area (Å²) in [6.45, 7) is 8.49. The molecule has 2 aliphatic heterocycles. The zero-order chi connectivity index (χ0) is 22.4. The van der Waals surface area contributed by atoms with Crippen LogP contribution < -0.4 is 5.32 Å². The van der Waals surface area contributed by atoms with Crippen molar-refractivity contribution >= 4 is 23.6 Å². The van der Waals surface area contributed by atoms with Gasteiger partial charge in [0.15, 0.2) is 0 Å². The van der Waals surface area contributed by atoms with E-state index in [1.165, 1.54) is 0 Å². The van der Waals surface area contributed by atoms with Crippen molar-refractivity contribution in [1.29, 1.82) is 0 Å². The lowest BCUT2D eigenvalue weighted by atomic mass is 9.94. The van der Waals surface area contributed by atoms with Gasteiger partial charge < -0.3 is 15.0 Å². The van der Waals surface area contributed by atoms with Gasteiger partial charge in [-0.1, -0.05) is 6.07 Å². The summed E-state index contributed by atoms with van der Waals surface area (Å²) in [4.78, 5) is 46.0. The number of aryl methyl sites for hydroxylation is 1. The first kappa shape index (κ1) is 23.2. The third-order valence-corrected chi connectivity index (χ3v) is 6.30. The Balaban J connectivity index is 1.49. The van der Waals surface area contributed by atoms with Gasteiger partial charge in [0.05, 0.1) is 18.6 Å². The predicted octanol–water partition coefficient (Wildman–Crippen LogP) is 2.23. The van der Waals surface area contributed by atoms with Crippen LogP contribution in [0, 0.1) is 18.8 Å². The van der Waals surface area contributed by atoms with E-state index in [4.69, 9.17) is 4.74 Å². The van der Waals surface area contributed by atoms with Gasteiger partial charge in [-0.05, 0) is 71.7 Å². The molecular formula is C23H34N4O4. The lowest BCUT2D eigenvalue weighted by molar-refractivity contribution is -0.152. The Bertz CT molecular complexity index is 792. The van der Waals surface area contributed by atoms with E-state index >= 15 is 0 Å². The van der Waals surface area contributed by atoms with Gasteiger partial charge in [0.25, 0.3) is 0 Å². The highest BCUT2D eigenvalue weighted by molar-refractivity contribution is 5.91. The Kier molecular flexibility index (Phi) is 8.01. The molecule has 0 saturated carbocycles. The molecule has 0 bridgehead atoms. The molecule has 2 fully saturated rings. The minimum atomic E-state index is -0.261. The second-order valence-corrected chi connectivity index (χ2v) is 8.52. The van der Waals surface area contributed by atoms with E-state index in [1.54, 1.807) is 17.9 Å². The van der Waals surface area contributed by atoms with Crippen LogP contribution in [0.4, 0.5) is 5.82 Å². The van der Waals surface area contributed by atoms with Gasteiger partial charge in [0.1, 0.15) is 5.82 Å². The van der Waals surface area contributed by atoms with Crippen LogP contribution in [0.1, 0.15) is 45.2 Å². The number of esters is 1. The third kappa shape index (κ3) is 6.03. The molecular weight excluding hydrogens is 396 g/mol. The van der Waals surface area contributed by atoms with Crippen LogP contribution in [0.25, 0.3) is 0 Å². The van der Waals surface area contributed by atoms with Crippen molar-refractivity contribution in [3.63, 3.8) is 0 Å². The number of carbonyl (C=O) groups is 3. The molecule has 8 nitrogen and oxygen atoms in total. The second-order valence-electron chi connectivity index (χ2n) is 8.52. The van der Waals surface area contributed by atoms with E-state index in [1.807, 2.05) is 26.0 Å². The maximum Gasteiger partial charge on any atom is 0.310 e. The molecule has 3 heterocycles. The Labute approximate surface area is 184 Å². The first-order valence-corrected chi connectivity index (χ1v) is 11.3. The quantitative estimate of drug-likeness (QED) is 0.696. The van der Waals surface area contributed by atoms with Gasteiger partial charge in [0, 0.05) is 24.7 Å². The molecule has 2 atom stereocenters. The Morgan fingerprint density at radius 2 is 1.90 bits per heavy atom. The standard InChI is InChI=1S/C23H34N4O4/c1-4-31-23(30)19-8-6-12-27(15-19)22(29)17(3)26-13-10-18(11-14-26)21(28)25-20-9-5-7-16(2)24-20/h5,7,9,17-19H,4,6,8,10-15H2,1-3H3,(H,24,25,28)/t17-,19-/m0/s1. The summed E-state index contributed by atoms with van der Waals surface area (Å²) in [5.41, 5.74) is 0.864. The predicted molar refractivity (Wildman–Crippen MR) is 117 cm³/mol. The molecule has 2 aliphatic rings. The van der Waals surface area contributed by atoms with Crippen LogP contribution in [0.5, 0.6) is 0 Å². The Morgan fingerprint density at radius 1 is 1.16 bits per heavy atom. The lowest BCUT2D eigenvalue weighted by Gasteiger charge is -2.39. The average molecular weight is 431 g/mol. The molecule has 3 rings (SSSR count). The summed E-state index contributed by atoms with van der Waals surface area (Å²) in [6.07, 6.45) is 3.01. The van der Waals surface area contributed by atoms with E-state index in [2.05, 4.69) is 15.2 Å². The molecule has 8 heteroatoms. The van der Waals surface area contributed by atoms with Crippen molar-refractivity contribution in [3.05, 3.63) is 23.9 Å². The first-order chi connectivity index (χ1) is 14.9. The van der Waals surface area contributed by atoms with Crippen molar-refractivity contribution < 1.29 is 19.1 Å². The topological polar surface area (TPSA) is 91.8 Å². The van der Waals surface area contributed by atoms with E-state index in [9.17, 15) is 14.4 Å². The fraction of sp³-hybridized carbons (Fsp3) is 0.652. The number of anilines is 1. The number of rotatable bonds is 6. The molecule has 0 radical (unpaired) electrons. The molecule has 31 heavy (non-hydrogen) atoms. The number of nitrogens with one attached hydrogen (secondary N) is 1. The molecule has 0 spiro atoms. The largest absolute Gasteiger partial charge is 0.466 e. The number of ether oxygens (including phenoxy) is 1. The van der Waals surface area contributed by atoms with Crippen LogP contribution in [0.15, 0.2) is 18.2 Å². The minimum Gasteiger partial charge on any atom is -0.466 e.